The number of hydrogen-bond acceptors (Lipinski definition) is 5. The second kappa shape index (κ2) is 9.19. The van der Waals surface area contributed by atoms with Crippen LogP contribution in [0.2, 0.25) is 0 Å². The van der Waals surface area contributed by atoms with Gasteiger partial charge in [0.05, 0.1) is 0 Å². The zero-order valence-electron chi connectivity index (χ0n) is 17.0. The SMILES string of the molecule is C=C(/C=C/c1ccc2c(c1)OCO2)NNC(=O)COc1cc(C)ccc1C(C)C. The van der Waals surface area contributed by atoms with E-state index in [0.717, 1.165) is 28.2 Å². The molecule has 1 heterocycles. The van der Waals surface area contributed by atoms with E-state index in [1.807, 2.05) is 49.4 Å². The lowest BCUT2D eigenvalue weighted by atomic mass is 10.0. The van der Waals surface area contributed by atoms with Crippen molar-refractivity contribution in [2.75, 3.05) is 13.4 Å². The Bertz CT molecular complexity index is 934. The van der Waals surface area contributed by atoms with Crippen LogP contribution in [0.4, 0.5) is 0 Å². The van der Waals surface area contributed by atoms with Gasteiger partial charge in [0.15, 0.2) is 18.1 Å². The zero-order valence-corrected chi connectivity index (χ0v) is 17.0. The van der Waals surface area contributed by atoms with Gasteiger partial charge in [-0.3, -0.25) is 15.6 Å². The molecule has 0 aromatic heterocycles. The maximum atomic E-state index is 12.1. The second-order valence-corrected chi connectivity index (χ2v) is 7.13. The molecule has 0 unspecified atom stereocenters. The van der Waals surface area contributed by atoms with Crippen molar-refractivity contribution >= 4 is 12.0 Å². The van der Waals surface area contributed by atoms with E-state index in [4.69, 9.17) is 14.2 Å². The largest absolute Gasteiger partial charge is 0.483 e. The number of hydrogen-bond donors (Lipinski definition) is 2. The van der Waals surface area contributed by atoms with Crippen LogP contribution in [0.3, 0.4) is 0 Å². The van der Waals surface area contributed by atoms with Crippen LogP contribution in [-0.4, -0.2) is 19.3 Å². The van der Waals surface area contributed by atoms with E-state index < -0.39 is 0 Å². The van der Waals surface area contributed by atoms with Gasteiger partial charge in [-0.2, -0.15) is 0 Å². The molecule has 2 aromatic carbocycles. The fourth-order valence-corrected chi connectivity index (χ4v) is 2.83. The smallest absolute Gasteiger partial charge is 0.276 e. The fourth-order valence-electron chi connectivity index (χ4n) is 2.83. The molecule has 0 saturated heterocycles. The predicted molar refractivity (Wildman–Crippen MR) is 113 cm³/mol. The molecule has 0 spiro atoms. The summed E-state index contributed by atoms with van der Waals surface area (Å²) >= 11 is 0. The van der Waals surface area contributed by atoms with E-state index in [1.165, 1.54) is 0 Å². The summed E-state index contributed by atoms with van der Waals surface area (Å²) in [5.41, 5.74) is 9.00. The maximum Gasteiger partial charge on any atom is 0.276 e. The minimum Gasteiger partial charge on any atom is -0.483 e. The highest BCUT2D eigenvalue weighted by Crippen LogP contribution is 2.32. The zero-order chi connectivity index (χ0) is 20.8. The molecule has 3 rings (SSSR count). The molecule has 1 aliphatic heterocycles. The number of fused-ring (bicyclic) bond motifs is 1. The van der Waals surface area contributed by atoms with Crippen molar-refractivity contribution in [1.82, 2.24) is 10.9 Å². The average molecular weight is 394 g/mol. The Morgan fingerprint density at radius 3 is 2.76 bits per heavy atom. The van der Waals surface area contributed by atoms with E-state index in [9.17, 15) is 4.79 Å². The first-order chi connectivity index (χ1) is 13.9. The Hall–Kier alpha value is -3.41. The molecule has 0 saturated carbocycles. The van der Waals surface area contributed by atoms with Crippen molar-refractivity contribution in [2.45, 2.75) is 26.7 Å². The van der Waals surface area contributed by atoms with Crippen LogP contribution in [0.15, 0.2) is 54.8 Å². The summed E-state index contributed by atoms with van der Waals surface area (Å²) in [6, 6.07) is 11.7. The normalized spacial score (nSPS) is 12.3. The number of amides is 1. The summed E-state index contributed by atoms with van der Waals surface area (Å²) < 4.78 is 16.4. The number of carbonyl (C=O) groups is 1. The molecule has 0 fully saturated rings. The van der Waals surface area contributed by atoms with Gasteiger partial charge in [-0.05, 0) is 53.8 Å². The fraction of sp³-hybridized carbons (Fsp3) is 0.261. The summed E-state index contributed by atoms with van der Waals surface area (Å²) in [7, 11) is 0. The second-order valence-electron chi connectivity index (χ2n) is 7.13. The highest BCUT2D eigenvalue weighted by atomic mass is 16.7. The minimum atomic E-state index is -0.293. The number of nitrogens with one attached hydrogen (secondary N) is 2. The molecule has 6 nitrogen and oxygen atoms in total. The van der Waals surface area contributed by atoms with Gasteiger partial charge in [0, 0.05) is 5.70 Å². The average Bonchev–Trinajstić information content (AvgIpc) is 3.16. The maximum absolute atomic E-state index is 12.1. The summed E-state index contributed by atoms with van der Waals surface area (Å²) in [5.74, 6) is 2.21. The molecule has 6 heteroatoms. The summed E-state index contributed by atoms with van der Waals surface area (Å²) in [4.78, 5) is 12.1. The van der Waals surface area contributed by atoms with E-state index in [1.54, 1.807) is 6.08 Å². The number of rotatable bonds is 8. The topological polar surface area (TPSA) is 68.8 Å². The molecule has 0 bridgehead atoms. The first-order valence-electron chi connectivity index (χ1n) is 9.47. The van der Waals surface area contributed by atoms with Crippen LogP contribution >= 0.6 is 0 Å². The van der Waals surface area contributed by atoms with Crippen molar-refractivity contribution in [3.63, 3.8) is 0 Å². The Kier molecular flexibility index (Phi) is 6.44. The first kappa shape index (κ1) is 20.3. The molecular weight excluding hydrogens is 368 g/mol. The van der Waals surface area contributed by atoms with Crippen LogP contribution in [0.1, 0.15) is 36.5 Å². The van der Waals surface area contributed by atoms with Gasteiger partial charge >= 0.3 is 0 Å². The van der Waals surface area contributed by atoms with Crippen molar-refractivity contribution < 1.29 is 19.0 Å². The summed E-state index contributed by atoms with van der Waals surface area (Å²) in [5, 5.41) is 0. The van der Waals surface area contributed by atoms with Crippen LogP contribution < -0.4 is 25.1 Å². The van der Waals surface area contributed by atoms with Crippen LogP contribution in [0.25, 0.3) is 6.08 Å². The van der Waals surface area contributed by atoms with Crippen molar-refractivity contribution in [3.05, 3.63) is 71.4 Å². The Balaban J connectivity index is 1.47. The number of hydrazine groups is 1. The van der Waals surface area contributed by atoms with Crippen molar-refractivity contribution in [2.24, 2.45) is 0 Å². The molecule has 1 amide bonds. The van der Waals surface area contributed by atoms with E-state index >= 15 is 0 Å². The van der Waals surface area contributed by atoms with Gasteiger partial charge in [0.25, 0.3) is 5.91 Å². The quantitative estimate of drug-likeness (QED) is 0.522. The molecule has 2 aromatic rings. The predicted octanol–water partition coefficient (Wildman–Crippen LogP) is 4.07. The number of ether oxygens (including phenoxy) is 3. The van der Waals surface area contributed by atoms with Gasteiger partial charge in [0.2, 0.25) is 6.79 Å². The highest BCUT2D eigenvalue weighted by molar-refractivity contribution is 5.77. The molecular formula is C23H26N2O4. The van der Waals surface area contributed by atoms with Crippen LogP contribution in [0, 0.1) is 6.92 Å². The number of carbonyl (C=O) groups excluding carboxylic acids is 1. The van der Waals surface area contributed by atoms with E-state index in [0.29, 0.717) is 17.4 Å². The first-order valence-corrected chi connectivity index (χ1v) is 9.47. The van der Waals surface area contributed by atoms with Gasteiger partial charge in [-0.1, -0.05) is 44.7 Å². The van der Waals surface area contributed by atoms with E-state index in [2.05, 4.69) is 31.3 Å². The lowest BCUT2D eigenvalue weighted by molar-refractivity contribution is -0.123. The standard InChI is InChI=1S/C23H26N2O4/c1-15(2)19-9-5-16(3)11-21(19)27-13-23(26)25-24-17(4)6-7-18-8-10-20-22(12-18)29-14-28-20/h5-12,15,24H,4,13-14H2,1-3H3,(H,25,26)/b7-6+. The number of allylic oxidation sites excluding steroid dienone is 1. The van der Waals surface area contributed by atoms with Gasteiger partial charge in [-0.25, -0.2) is 0 Å². The Morgan fingerprint density at radius 2 is 1.97 bits per heavy atom. The molecule has 152 valence electrons. The van der Waals surface area contributed by atoms with Crippen molar-refractivity contribution in [1.29, 1.82) is 0 Å². The Labute approximate surface area is 171 Å². The highest BCUT2D eigenvalue weighted by Gasteiger charge is 2.12. The van der Waals surface area contributed by atoms with Gasteiger partial charge < -0.3 is 14.2 Å². The van der Waals surface area contributed by atoms with Crippen LogP contribution in [0.5, 0.6) is 17.2 Å². The van der Waals surface area contributed by atoms with Crippen molar-refractivity contribution in [3.8, 4) is 17.2 Å². The molecule has 0 atom stereocenters. The van der Waals surface area contributed by atoms with Crippen LogP contribution in [-0.2, 0) is 4.79 Å². The third-order valence-corrected chi connectivity index (χ3v) is 4.39. The van der Waals surface area contributed by atoms with Gasteiger partial charge in [-0.15, -0.1) is 0 Å². The molecule has 0 radical (unpaired) electrons. The Morgan fingerprint density at radius 1 is 1.17 bits per heavy atom. The number of benzene rings is 2. The molecule has 1 aliphatic rings. The lowest BCUT2D eigenvalue weighted by Crippen LogP contribution is -2.39. The summed E-state index contributed by atoms with van der Waals surface area (Å²) in [6.07, 6.45) is 3.62. The monoisotopic (exact) mass is 394 g/mol. The third-order valence-electron chi connectivity index (χ3n) is 4.39. The lowest BCUT2D eigenvalue weighted by Gasteiger charge is -2.15. The number of aryl methyl sites for hydroxylation is 1. The van der Waals surface area contributed by atoms with Gasteiger partial charge in [0.1, 0.15) is 5.75 Å². The molecule has 0 aliphatic carbocycles. The third kappa shape index (κ3) is 5.54. The summed E-state index contributed by atoms with van der Waals surface area (Å²) in [6.45, 7) is 10.2. The minimum absolute atomic E-state index is 0.0880. The molecule has 29 heavy (non-hydrogen) atoms. The molecule has 2 N–H and O–H groups in total. The van der Waals surface area contributed by atoms with E-state index in [-0.39, 0.29) is 19.3 Å².